The van der Waals surface area contributed by atoms with Gasteiger partial charge >= 0.3 is 0 Å². The summed E-state index contributed by atoms with van der Waals surface area (Å²) in [5.41, 5.74) is 1.61. The van der Waals surface area contributed by atoms with Gasteiger partial charge in [0.15, 0.2) is 5.78 Å². The number of allylic oxidation sites excluding steroid dienone is 1. The van der Waals surface area contributed by atoms with Gasteiger partial charge in [-0.05, 0) is 47.9 Å². The van der Waals surface area contributed by atoms with E-state index in [1.54, 1.807) is 6.92 Å². The zero-order chi connectivity index (χ0) is 14.5. The minimum Gasteiger partial charge on any atom is -0.392 e. The SMILES string of the molecule is CC1=C[C@H]2OC(CCCCOF)C=C(CO)[C@H]2CC1=O. The smallest absolute Gasteiger partial charge is 0.159 e. The standard InChI is InChI=1S/C15H21FO4/c1-10-6-15-13(8-14(10)18)11(9-17)7-12(20-15)4-2-3-5-19-16/h6-7,12-13,15,17H,2-5,8-9H2,1H3/t12?,13-,15-/m1/s1. The third kappa shape index (κ3) is 3.53. The molecule has 0 fully saturated rings. The summed E-state index contributed by atoms with van der Waals surface area (Å²) >= 11 is 0. The quantitative estimate of drug-likeness (QED) is 0.600. The number of aliphatic hydroxyl groups is 1. The molecule has 1 heterocycles. The largest absolute Gasteiger partial charge is 0.392 e. The molecule has 1 aliphatic heterocycles. The number of carbonyl (C=O) groups excluding carboxylic acids is 1. The summed E-state index contributed by atoms with van der Waals surface area (Å²) in [4.78, 5) is 15.3. The fraction of sp³-hybridized carbons (Fsp3) is 0.667. The molecule has 112 valence electrons. The van der Waals surface area contributed by atoms with Crippen molar-refractivity contribution in [3.05, 3.63) is 23.3 Å². The molecule has 0 amide bonds. The summed E-state index contributed by atoms with van der Waals surface area (Å²) in [5.74, 6) is 0.0781. The molecular weight excluding hydrogens is 263 g/mol. The highest BCUT2D eigenvalue weighted by molar-refractivity contribution is 5.96. The summed E-state index contributed by atoms with van der Waals surface area (Å²) in [6.45, 7) is 1.85. The van der Waals surface area contributed by atoms with E-state index in [0.29, 0.717) is 12.8 Å². The van der Waals surface area contributed by atoms with E-state index < -0.39 is 0 Å². The van der Waals surface area contributed by atoms with Crippen molar-refractivity contribution in [2.45, 2.75) is 44.8 Å². The molecule has 0 spiro atoms. The molecule has 0 aromatic heterocycles. The van der Waals surface area contributed by atoms with Crippen LogP contribution in [-0.4, -0.2) is 36.3 Å². The lowest BCUT2D eigenvalue weighted by molar-refractivity contribution is -0.133. The van der Waals surface area contributed by atoms with Gasteiger partial charge in [0.05, 0.1) is 25.4 Å². The second kappa shape index (κ2) is 7.11. The van der Waals surface area contributed by atoms with Crippen molar-refractivity contribution in [1.29, 1.82) is 0 Å². The highest BCUT2D eigenvalue weighted by Crippen LogP contribution is 2.35. The van der Waals surface area contributed by atoms with Gasteiger partial charge in [-0.25, -0.2) is 0 Å². The lowest BCUT2D eigenvalue weighted by Gasteiger charge is -2.37. The van der Waals surface area contributed by atoms with Gasteiger partial charge in [-0.1, -0.05) is 6.08 Å². The molecular formula is C15H21FO4. The van der Waals surface area contributed by atoms with Crippen LogP contribution in [-0.2, 0) is 14.5 Å². The second-order valence-electron chi connectivity index (χ2n) is 5.43. The van der Waals surface area contributed by atoms with Gasteiger partial charge in [0.25, 0.3) is 0 Å². The lowest BCUT2D eigenvalue weighted by atomic mass is 9.79. The number of ketones is 1. The van der Waals surface area contributed by atoms with E-state index in [4.69, 9.17) is 4.74 Å². The van der Waals surface area contributed by atoms with Gasteiger partial charge in [-0.15, -0.1) is 0 Å². The normalized spacial score (nSPS) is 29.8. The molecule has 20 heavy (non-hydrogen) atoms. The lowest BCUT2D eigenvalue weighted by Crippen LogP contribution is -2.38. The maximum absolute atomic E-state index is 11.8. The number of unbranched alkanes of at least 4 members (excludes halogenated alkanes) is 1. The summed E-state index contributed by atoms with van der Waals surface area (Å²) in [7, 11) is 0. The number of fused-ring (bicyclic) bond motifs is 1. The minimum absolute atomic E-state index is 0.0402. The van der Waals surface area contributed by atoms with Crippen LogP contribution < -0.4 is 0 Å². The summed E-state index contributed by atoms with van der Waals surface area (Å²) < 4.78 is 17.5. The molecule has 0 saturated carbocycles. The van der Waals surface area contributed by atoms with Crippen LogP contribution in [0.2, 0.25) is 0 Å². The second-order valence-corrected chi connectivity index (χ2v) is 5.43. The molecule has 0 saturated heterocycles. The van der Waals surface area contributed by atoms with Crippen LogP contribution in [0, 0.1) is 5.92 Å². The molecule has 0 aromatic rings. The predicted octanol–water partition coefficient (Wildman–Crippen LogP) is 2.28. The zero-order valence-corrected chi connectivity index (χ0v) is 11.7. The zero-order valence-electron chi connectivity index (χ0n) is 11.7. The average Bonchev–Trinajstić information content (AvgIpc) is 2.44. The average molecular weight is 284 g/mol. The Morgan fingerprint density at radius 1 is 1.45 bits per heavy atom. The van der Waals surface area contributed by atoms with Crippen molar-refractivity contribution in [3.63, 3.8) is 0 Å². The number of ether oxygens (including phenoxy) is 1. The Hall–Kier alpha value is -1.04. The van der Waals surface area contributed by atoms with Gasteiger partial charge in [-0.2, -0.15) is 4.94 Å². The fourth-order valence-corrected chi connectivity index (χ4v) is 2.84. The summed E-state index contributed by atoms with van der Waals surface area (Å²) in [6, 6.07) is 0. The van der Waals surface area contributed by atoms with Crippen LogP contribution in [0.4, 0.5) is 4.53 Å². The van der Waals surface area contributed by atoms with Crippen LogP contribution in [0.3, 0.4) is 0 Å². The predicted molar refractivity (Wildman–Crippen MR) is 71.6 cm³/mol. The van der Waals surface area contributed by atoms with Crippen molar-refractivity contribution in [3.8, 4) is 0 Å². The molecule has 1 N–H and O–H groups in total. The molecule has 4 nitrogen and oxygen atoms in total. The van der Waals surface area contributed by atoms with Crippen molar-refractivity contribution < 1.29 is 24.1 Å². The maximum Gasteiger partial charge on any atom is 0.159 e. The molecule has 2 aliphatic rings. The van der Waals surface area contributed by atoms with Gasteiger partial charge in [0.1, 0.15) is 0 Å². The van der Waals surface area contributed by atoms with Crippen LogP contribution >= 0.6 is 0 Å². The Morgan fingerprint density at radius 3 is 2.95 bits per heavy atom. The molecule has 3 atom stereocenters. The van der Waals surface area contributed by atoms with E-state index in [0.717, 1.165) is 24.0 Å². The first kappa shape index (κ1) is 15.4. The van der Waals surface area contributed by atoms with E-state index in [-0.39, 0.29) is 37.1 Å². The van der Waals surface area contributed by atoms with Crippen molar-refractivity contribution in [2.75, 3.05) is 13.2 Å². The first-order valence-corrected chi connectivity index (χ1v) is 7.07. The maximum atomic E-state index is 11.8. The third-order valence-electron chi connectivity index (χ3n) is 4.01. The van der Waals surface area contributed by atoms with Gasteiger partial charge in [0, 0.05) is 12.3 Å². The van der Waals surface area contributed by atoms with Gasteiger partial charge in [-0.3, -0.25) is 4.79 Å². The molecule has 1 unspecified atom stereocenters. The Bertz CT molecular complexity index is 416. The van der Waals surface area contributed by atoms with E-state index in [1.165, 1.54) is 0 Å². The van der Waals surface area contributed by atoms with Crippen molar-refractivity contribution >= 4 is 5.78 Å². The number of Topliss-reactive ketones (excluding diaryl/α,β-unsaturated/α-hetero) is 1. The van der Waals surface area contributed by atoms with E-state index >= 15 is 0 Å². The Labute approximate surface area is 118 Å². The summed E-state index contributed by atoms with van der Waals surface area (Å²) in [5, 5.41) is 9.48. The van der Waals surface area contributed by atoms with Crippen LogP contribution in [0.25, 0.3) is 0 Å². The number of aliphatic hydroxyl groups excluding tert-OH is 1. The molecule has 0 bridgehead atoms. The van der Waals surface area contributed by atoms with Gasteiger partial charge < -0.3 is 9.84 Å². The third-order valence-corrected chi connectivity index (χ3v) is 4.01. The number of halogens is 1. The number of hydrogen-bond acceptors (Lipinski definition) is 4. The number of hydrogen-bond donors (Lipinski definition) is 1. The van der Waals surface area contributed by atoms with E-state index in [9.17, 15) is 14.4 Å². The Morgan fingerprint density at radius 2 is 2.25 bits per heavy atom. The van der Waals surface area contributed by atoms with Gasteiger partial charge in [0.2, 0.25) is 0 Å². The Balaban J connectivity index is 2.01. The van der Waals surface area contributed by atoms with Crippen LogP contribution in [0.5, 0.6) is 0 Å². The molecule has 2 rings (SSSR count). The fourth-order valence-electron chi connectivity index (χ4n) is 2.84. The topological polar surface area (TPSA) is 55.8 Å². The van der Waals surface area contributed by atoms with Crippen LogP contribution in [0.1, 0.15) is 32.6 Å². The molecule has 0 aromatic carbocycles. The Kier molecular flexibility index (Phi) is 5.46. The number of carbonyl (C=O) groups is 1. The van der Waals surface area contributed by atoms with E-state index in [2.05, 4.69) is 4.94 Å². The highest BCUT2D eigenvalue weighted by atomic mass is 19.3. The minimum atomic E-state index is -0.137. The first-order valence-electron chi connectivity index (χ1n) is 7.07. The summed E-state index contributed by atoms with van der Waals surface area (Å²) in [6.07, 6.45) is 6.15. The molecule has 5 heteroatoms. The molecule has 1 aliphatic carbocycles. The van der Waals surface area contributed by atoms with Crippen molar-refractivity contribution in [2.24, 2.45) is 5.92 Å². The van der Waals surface area contributed by atoms with E-state index in [1.807, 2.05) is 12.2 Å². The monoisotopic (exact) mass is 284 g/mol. The first-order chi connectivity index (χ1) is 9.65. The molecule has 0 radical (unpaired) electrons. The van der Waals surface area contributed by atoms with Crippen LogP contribution in [0.15, 0.2) is 23.3 Å². The highest BCUT2D eigenvalue weighted by Gasteiger charge is 2.35. The van der Waals surface area contributed by atoms with Crippen molar-refractivity contribution in [1.82, 2.24) is 0 Å². The number of rotatable bonds is 6.